The van der Waals surface area contributed by atoms with Crippen molar-refractivity contribution < 1.29 is 0 Å². The fourth-order valence-corrected chi connectivity index (χ4v) is 1.21. The van der Waals surface area contributed by atoms with Gasteiger partial charge in [-0.1, -0.05) is 0 Å². The second kappa shape index (κ2) is 3.35. The molecule has 0 saturated heterocycles. The maximum atomic E-state index is 4.06. The van der Waals surface area contributed by atoms with E-state index in [1.807, 2.05) is 36.1 Å². The van der Waals surface area contributed by atoms with Crippen molar-refractivity contribution in [1.29, 1.82) is 0 Å². The Hall–Kier alpha value is -1.71. The third-order valence-corrected chi connectivity index (χ3v) is 1.94. The summed E-state index contributed by atoms with van der Waals surface area (Å²) in [5.74, 6) is 1.02. The third kappa shape index (κ3) is 1.72. The van der Waals surface area contributed by atoms with Gasteiger partial charge in [0.15, 0.2) is 0 Å². The van der Waals surface area contributed by atoms with Crippen LogP contribution in [0.3, 0.4) is 0 Å². The van der Waals surface area contributed by atoms with Gasteiger partial charge in [0, 0.05) is 25.0 Å². The van der Waals surface area contributed by atoms with Gasteiger partial charge in [-0.05, 0) is 12.1 Å². The normalized spacial score (nSPS) is 10.2. The number of anilines is 1. The molecule has 4 nitrogen and oxygen atoms in total. The lowest BCUT2D eigenvalue weighted by atomic mass is 10.4. The molecule has 68 valence electrons. The first-order valence-electron chi connectivity index (χ1n) is 4.20. The Kier molecular flexibility index (Phi) is 2.04. The highest BCUT2D eigenvalue weighted by atomic mass is 15.3. The molecule has 2 heterocycles. The summed E-state index contributed by atoms with van der Waals surface area (Å²) in [6, 6.07) is 5.98. The summed E-state index contributed by atoms with van der Waals surface area (Å²) >= 11 is 0. The van der Waals surface area contributed by atoms with Gasteiger partial charge in [0.05, 0.1) is 12.7 Å². The quantitative estimate of drug-likeness (QED) is 0.741. The molecular weight excluding hydrogens is 164 g/mol. The average Bonchev–Trinajstić information content (AvgIpc) is 2.72. The summed E-state index contributed by atoms with van der Waals surface area (Å²) in [5.41, 5.74) is 1.17. The Morgan fingerprint density at radius 2 is 2.46 bits per heavy atom. The van der Waals surface area contributed by atoms with Crippen LogP contribution in [0.25, 0.3) is 0 Å². The summed E-state index contributed by atoms with van der Waals surface area (Å²) in [5, 5.41) is 7.33. The molecule has 0 aliphatic heterocycles. The lowest BCUT2D eigenvalue weighted by molar-refractivity contribution is 0.768. The number of aryl methyl sites for hydroxylation is 1. The number of hydrogen-bond acceptors (Lipinski definition) is 2. The number of aromatic nitrogens is 3. The van der Waals surface area contributed by atoms with Crippen molar-refractivity contribution in [2.24, 2.45) is 7.05 Å². The number of nitrogens with zero attached hydrogens (tertiary/aromatic N) is 2. The van der Waals surface area contributed by atoms with Gasteiger partial charge in [0.1, 0.15) is 5.82 Å². The van der Waals surface area contributed by atoms with Gasteiger partial charge < -0.3 is 10.3 Å². The van der Waals surface area contributed by atoms with Crippen LogP contribution in [0.2, 0.25) is 0 Å². The molecule has 0 aromatic carbocycles. The van der Waals surface area contributed by atoms with Crippen LogP contribution in [0.15, 0.2) is 30.6 Å². The summed E-state index contributed by atoms with van der Waals surface area (Å²) in [4.78, 5) is 3.13. The molecule has 0 unspecified atom stereocenters. The predicted octanol–water partition coefficient (Wildman–Crippen LogP) is 1.36. The standard InChI is InChI=1S/C9H12N4/c1-13-9(4-6-12-13)11-7-8-3-2-5-10-8/h2-6,10-11H,7H2,1H3. The highest BCUT2D eigenvalue weighted by Gasteiger charge is 1.96. The zero-order valence-electron chi connectivity index (χ0n) is 7.49. The molecule has 0 spiro atoms. The highest BCUT2D eigenvalue weighted by Crippen LogP contribution is 2.05. The second-order valence-electron chi connectivity index (χ2n) is 2.89. The smallest absolute Gasteiger partial charge is 0.124 e. The molecule has 0 atom stereocenters. The van der Waals surface area contributed by atoms with E-state index in [1.165, 1.54) is 5.69 Å². The third-order valence-electron chi connectivity index (χ3n) is 1.94. The maximum absolute atomic E-state index is 4.06. The molecule has 2 aromatic rings. The maximum Gasteiger partial charge on any atom is 0.124 e. The lowest BCUT2D eigenvalue weighted by Crippen LogP contribution is -2.04. The number of rotatable bonds is 3. The predicted molar refractivity (Wildman–Crippen MR) is 51.3 cm³/mol. The lowest BCUT2D eigenvalue weighted by Gasteiger charge is -2.04. The molecule has 0 bridgehead atoms. The summed E-state index contributed by atoms with van der Waals surface area (Å²) in [6.07, 6.45) is 3.69. The average molecular weight is 176 g/mol. The van der Waals surface area contributed by atoms with Gasteiger partial charge in [0.25, 0.3) is 0 Å². The minimum atomic E-state index is 0.798. The van der Waals surface area contributed by atoms with Crippen molar-refractivity contribution in [3.05, 3.63) is 36.3 Å². The largest absolute Gasteiger partial charge is 0.365 e. The van der Waals surface area contributed by atoms with E-state index in [4.69, 9.17) is 0 Å². The molecule has 4 heteroatoms. The fraction of sp³-hybridized carbons (Fsp3) is 0.222. The van der Waals surface area contributed by atoms with Gasteiger partial charge in [0.2, 0.25) is 0 Å². The molecule has 13 heavy (non-hydrogen) atoms. The fourth-order valence-electron chi connectivity index (χ4n) is 1.21. The highest BCUT2D eigenvalue weighted by molar-refractivity contribution is 5.34. The Morgan fingerprint density at radius 3 is 3.08 bits per heavy atom. The van der Waals surface area contributed by atoms with E-state index in [2.05, 4.69) is 15.4 Å². The van der Waals surface area contributed by atoms with Gasteiger partial charge in [-0.25, -0.2) is 0 Å². The first-order valence-corrected chi connectivity index (χ1v) is 4.20. The molecule has 0 fully saturated rings. The Bertz CT molecular complexity index is 361. The minimum Gasteiger partial charge on any atom is -0.365 e. The van der Waals surface area contributed by atoms with Gasteiger partial charge in [-0.15, -0.1) is 0 Å². The van der Waals surface area contributed by atoms with Crippen LogP contribution in [-0.4, -0.2) is 14.8 Å². The Balaban J connectivity index is 1.97. The first kappa shape index (κ1) is 7.91. The van der Waals surface area contributed by atoms with E-state index in [0.29, 0.717) is 0 Å². The van der Waals surface area contributed by atoms with Gasteiger partial charge in [-0.2, -0.15) is 5.10 Å². The number of H-pyrrole nitrogens is 1. The number of nitrogens with one attached hydrogen (secondary N) is 2. The molecular formula is C9H12N4. The molecule has 0 radical (unpaired) electrons. The molecule has 2 N–H and O–H groups in total. The van der Waals surface area contributed by atoms with E-state index >= 15 is 0 Å². The monoisotopic (exact) mass is 176 g/mol. The van der Waals surface area contributed by atoms with Crippen LogP contribution in [0, 0.1) is 0 Å². The molecule has 2 aromatic heterocycles. The van der Waals surface area contributed by atoms with Crippen LogP contribution in [0.1, 0.15) is 5.69 Å². The topological polar surface area (TPSA) is 45.6 Å². The molecule has 0 aliphatic rings. The van der Waals surface area contributed by atoms with E-state index in [9.17, 15) is 0 Å². The molecule has 0 saturated carbocycles. The molecule has 0 aliphatic carbocycles. The van der Waals surface area contributed by atoms with Crippen molar-refractivity contribution in [2.75, 3.05) is 5.32 Å². The minimum absolute atomic E-state index is 0.798. The van der Waals surface area contributed by atoms with Crippen molar-refractivity contribution in [1.82, 2.24) is 14.8 Å². The van der Waals surface area contributed by atoms with Crippen molar-refractivity contribution in [3.63, 3.8) is 0 Å². The van der Waals surface area contributed by atoms with Crippen LogP contribution < -0.4 is 5.32 Å². The van der Waals surface area contributed by atoms with Crippen molar-refractivity contribution >= 4 is 5.82 Å². The van der Waals surface area contributed by atoms with Crippen LogP contribution >= 0.6 is 0 Å². The van der Waals surface area contributed by atoms with Crippen molar-refractivity contribution in [3.8, 4) is 0 Å². The summed E-state index contributed by atoms with van der Waals surface area (Å²) in [6.45, 7) is 0.798. The SMILES string of the molecule is Cn1nccc1NCc1ccc[nH]1. The zero-order valence-corrected chi connectivity index (χ0v) is 7.49. The summed E-state index contributed by atoms with van der Waals surface area (Å²) < 4.78 is 1.81. The van der Waals surface area contributed by atoms with Crippen LogP contribution in [-0.2, 0) is 13.6 Å². The van der Waals surface area contributed by atoms with Crippen molar-refractivity contribution in [2.45, 2.75) is 6.54 Å². The first-order chi connectivity index (χ1) is 6.36. The van der Waals surface area contributed by atoms with E-state index < -0.39 is 0 Å². The van der Waals surface area contributed by atoms with Gasteiger partial charge >= 0.3 is 0 Å². The van der Waals surface area contributed by atoms with E-state index in [1.54, 1.807) is 6.20 Å². The van der Waals surface area contributed by atoms with E-state index in [0.717, 1.165) is 12.4 Å². The molecule has 2 rings (SSSR count). The van der Waals surface area contributed by atoms with E-state index in [-0.39, 0.29) is 0 Å². The van der Waals surface area contributed by atoms with Gasteiger partial charge in [-0.3, -0.25) is 4.68 Å². The zero-order chi connectivity index (χ0) is 9.10. The Labute approximate surface area is 76.6 Å². The molecule has 0 amide bonds. The second-order valence-corrected chi connectivity index (χ2v) is 2.89. The Morgan fingerprint density at radius 1 is 1.54 bits per heavy atom. The van der Waals surface area contributed by atoms with Crippen LogP contribution in [0.5, 0.6) is 0 Å². The number of hydrogen-bond donors (Lipinski definition) is 2. The van der Waals surface area contributed by atoms with Crippen LogP contribution in [0.4, 0.5) is 5.82 Å². The summed E-state index contributed by atoms with van der Waals surface area (Å²) in [7, 11) is 1.91. The number of aromatic amines is 1.